The molecule has 136 valence electrons. The summed E-state index contributed by atoms with van der Waals surface area (Å²) in [4.78, 5) is 26.3. The lowest BCUT2D eigenvalue weighted by Gasteiger charge is -2.32. The molecule has 1 heterocycles. The smallest absolute Gasteiger partial charge is 0.229 e. The number of halogens is 1. The first-order valence-corrected chi connectivity index (χ1v) is 9.01. The van der Waals surface area contributed by atoms with Crippen molar-refractivity contribution in [3.8, 4) is 11.1 Å². The maximum atomic E-state index is 13.1. The van der Waals surface area contributed by atoms with E-state index in [0.29, 0.717) is 18.7 Å². The fraction of sp³-hybridized carbons (Fsp3) is 0.333. The average molecular weight is 354 g/mol. The molecule has 1 aliphatic heterocycles. The minimum Gasteiger partial charge on any atom is -0.342 e. The molecule has 26 heavy (non-hydrogen) atoms. The van der Waals surface area contributed by atoms with Gasteiger partial charge in [0.25, 0.3) is 0 Å². The predicted molar refractivity (Wildman–Crippen MR) is 100 cm³/mol. The van der Waals surface area contributed by atoms with E-state index in [4.69, 9.17) is 0 Å². The van der Waals surface area contributed by atoms with Crippen molar-refractivity contribution in [2.24, 2.45) is 5.92 Å². The molecular weight excluding hydrogens is 331 g/mol. The monoisotopic (exact) mass is 354 g/mol. The maximum Gasteiger partial charge on any atom is 0.229 e. The van der Waals surface area contributed by atoms with Crippen molar-refractivity contribution < 1.29 is 14.0 Å². The highest BCUT2D eigenvalue weighted by molar-refractivity contribution is 5.93. The minimum atomic E-state index is -0.276. The van der Waals surface area contributed by atoms with Gasteiger partial charge in [0, 0.05) is 25.2 Å². The summed E-state index contributed by atoms with van der Waals surface area (Å²) in [7, 11) is 0. The van der Waals surface area contributed by atoms with Crippen molar-refractivity contribution in [3.05, 3.63) is 54.3 Å². The van der Waals surface area contributed by atoms with Gasteiger partial charge in [0.15, 0.2) is 0 Å². The number of anilines is 1. The van der Waals surface area contributed by atoms with Crippen molar-refractivity contribution in [3.63, 3.8) is 0 Å². The van der Waals surface area contributed by atoms with E-state index >= 15 is 0 Å². The summed E-state index contributed by atoms with van der Waals surface area (Å²) in [5.74, 6) is -0.425. The van der Waals surface area contributed by atoms with Crippen LogP contribution < -0.4 is 5.32 Å². The zero-order valence-corrected chi connectivity index (χ0v) is 14.9. The molecule has 3 rings (SSSR count). The maximum absolute atomic E-state index is 13.1. The Morgan fingerprint density at radius 2 is 1.92 bits per heavy atom. The van der Waals surface area contributed by atoms with Crippen LogP contribution in [0.2, 0.25) is 0 Å². The summed E-state index contributed by atoms with van der Waals surface area (Å²) in [6.07, 6.45) is 2.10. The van der Waals surface area contributed by atoms with Gasteiger partial charge >= 0.3 is 0 Å². The van der Waals surface area contributed by atoms with E-state index in [-0.39, 0.29) is 23.5 Å². The van der Waals surface area contributed by atoms with Crippen LogP contribution in [0.4, 0.5) is 10.1 Å². The Labute approximate surface area is 153 Å². The number of piperidine rings is 1. The Hall–Kier alpha value is -2.69. The number of carbonyl (C=O) groups is 2. The topological polar surface area (TPSA) is 49.4 Å². The molecule has 5 heteroatoms. The lowest BCUT2D eigenvalue weighted by Crippen LogP contribution is -2.43. The highest BCUT2D eigenvalue weighted by Gasteiger charge is 2.27. The van der Waals surface area contributed by atoms with Gasteiger partial charge in [0.2, 0.25) is 11.8 Å². The van der Waals surface area contributed by atoms with Crippen LogP contribution >= 0.6 is 0 Å². The quantitative estimate of drug-likeness (QED) is 0.899. The van der Waals surface area contributed by atoms with E-state index in [0.717, 1.165) is 30.5 Å². The first-order valence-electron chi connectivity index (χ1n) is 9.01. The van der Waals surface area contributed by atoms with Crippen LogP contribution in [-0.2, 0) is 9.59 Å². The fourth-order valence-electron chi connectivity index (χ4n) is 3.30. The number of nitrogens with zero attached hydrogens (tertiary/aromatic N) is 1. The molecule has 0 saturated carbocycles. The second-order valence-corrected chi connectivity index (χ2v) is 6.61. The average Bonchev–Trinajstić information content (AvgIpc) is 2.68. The second kappa shape index (κ2) is 8.13. The zero-order valence-electron chi connectivity index (χ0n) is 14.9. The lowest BCUT2D eigenvalue weighted by atomic mass is 9.96. The normalized spacial score (nSPS) is 17.0. The highest BCUT2D eigenvalue weighted by Crippen LogP contribution is 2.24. The zero-order chi connectivity index (χ0) is 18.5. The molecule has 4 nitrogen and oxygen atoms in total. The third kappa shape index (κ3) is 4.28. The van der Waals surface area contributed by atoms with Crippen LogP contribution in [0.1, 0.15) is 26.2 Å². The van der Waals surface area contributed by atoms with E-state index in [9.17, 15) is 14.0 Å². The van der Waals surface area contributed by atoms with Crippen LogP contribution in [0, 0.1) is 11.7 Å². The predicted octanol–water partition coefficient (Wildman–Crippen LogP) is 4.08. The van der Waals surface area contributed by atoms with Crippen LogP contribution in [-0.4, -0.2) is 29.8 Å². The molecule has 1 atom stereocenters. The van der Waals surface area contributed by atoms with Gasteiger partial charge in [-0.2, -0.15) is 0 Å². The largest absolute Gasteiger partial charge is 0.342 e. The number of benzene rings is 2. The Morgan fingerprint density at radius 1 is 1.15 bits per heavy atom. The van der Waals surface area contributed by atoms with E-state index in [2.05, 4.69) is 5.32 Å². The van der Waals surface area contributed by atoms with E-state index in [1.807, 2.05) is 31.2 Å². The van der Waals surface area contributed by atoms with Crippen LogP contribution in [0.15, 0.2) is 48.5 Å². The number of likely N-dealkylation sites (tertiary alicyclic amines) is 1. The van der Waals surface area contributed by atoms with Gasteiger partial charge in [-0.15, -0.1) is 0 Å². The highest BCUT2D eigenvalue weighted by atomic mass is 19.1. The molecule has 1 saturated heterocycles. The van der Waals surface area contributed by atoms with Crippen LogP contribution in [0.25, 0.3) is 11.1 Å². The molecule has 0 aliphatic carbocycles. The molecule has 0 radical (unpaired) electrons. The van der Waals surface area contributed by atoms with Gasteiger partial charge in [0.05, 0.1) is 5.92 Å². The van der Waals surface area contributed by atoms with Crippen molar-refractivity contribution in [1.82, 2.24) is 4.90 Å². The van der Waals surface area contributed by atoms with Gasteiger partial charge in [-0.1, -0.05) is 31.2 Å². The third-order valence-corrected chi connectivity index (χ3v) is 4.76. The molecule has 1 aliphatic rings. The Kier molecular flexibility index (Phi) is 5.66. The van der Waals surface area contributed by atoms with E-state index in [1.54, 1.807) is 17.0 Å². The van der Waals surface area contributed by atoms with Gasteiger partial charge < -0.3 is 10.2 Å². The Morgan fingerprint density at radius 3 is 2.65 bits per heavy atom. The summed E-state index contributed by atoms with van der Waals surface area (Å²) >= 11 is 0. The number of hydrogen-bond donors (Lipinski definition) is 1. The number of amides is 2. The SMILES string of the molecule is CCC(=O)N1CCC[C@H](C(=O)Nc2cccc(-c3ccc(F)cc3)c2)C1. The van der Waals surface area contributed by atoms with Crippen molar-refractivity contribution in [1.29, 1.82) is 0 Å². The van der Waals surface area contributed by atoms with Crippen molar-refractivity contribution >= 4 is 17.5 Å². The number of carbonyl (C=O) groups excluding carboxylic acids is 2. The Bertz CT molecular complexity index is 789. The molecule has 0 spiro atoms. The minimum absolute atomic E-state index is 0.0603. The molecule has 2 amide bonds. The van der Waals surface area contributed by atoms with Gasteiger partial charge in [-0.3, -0.25) is 9.59 Å². The molecular formula is C21H23FN2O2. The molecule has 0 bridgehead atoms. The fourth-order valence-corrected chi connectivity index (χ4v) is 3.30. The molecule has 0 unspecified atom stereocenters. The summed E-state index contributed by atoms with van der Waals surface area (Å²) in [5, 5.41) is 2.96. The van der Waals surface area contributed by atoms with Crippen LogP contribution in [0.3, 0.4) is 0 Å². The second-order valence-electron chi connectivity index (χ2n) is 6.61. The standard InChI is InChI=1S/C21H23FN2O2/c1-2-20(25)24-12-4-6-17(14-24)21(26)23-19-7-3-5-16(13-19)15-8-10-18(22)11-9-15/h3,5,7-11,13,17H,2,4,6,12,14H2,1H3,(H,23,26)/t17-/m0/s1. The first-order chi connectivity index (χ1) is 12.6. The number of rotatable bonds is 4. The molecule has 0 aromatic heterocycles. The number of hydrogen-bond acceptors (Lipinski definition) is 2. The third-order valence-electron chi connectivity index (χ3n) is 4.76. The van der Waals surface area contributed by atoms with E-state index < -0.39 is 0 Å². The molecule has 2 aromatic carbocycles. The lowest BCUT2D eigenvalue weighted by molar-refractivity contribution is -0.134. The molecule has 2 aromatic rings. The molecule has 1 N–H and O–H groups in total. The molecule has 1 fully saturated rings. The summed E-state index contributed by atoms with van der Waals surface area (Å²) in [6, 6.07) is 13.8. The van der Waals surface area contributed by atoms with Gasteiger partial charge in [-0.25, -0.2) is 4.39 Å². The van der Waals surface area contributed by atoms with Gasteiger partial charge in [-0.05, 0) is 48.2 Å². The van der Waals surface area contributed by atoms with Crippen molar-refractivity contribution in [2.45, 2.75) is 26.2 Å². The summed E-state index contributed by atoms with van der Waals surface area (Å²) < 4.78 is 13.1. The van der Waals surface area contributed by atoms with Crippen molar-refractivity contribution in [2.75, 3.05) is 18.4 Å². The summed E-state index contributed by atoms with van der Waals surface area (Å²) in [6.45, 7) is 3.06. The van der Waals surface area contributed by atoms with Gasteiger partial charge in [0.1, 0.15) is 5.82 Å². The van der Waals surface area contributed by atoms with E-state index in [1.165, 1.54) is 12.1 Å². The Balaban J connectivity index is 1.68. The first kappa shape index (κ1) is 18.1. The number of nitrogens with one attached hydrogen (secondary N) is 1. The summed E-state index contributed by atoms with van der Waals surface area (Å²) in [5.41, 5.74) is 2.50. The van der Waals surface area contributed by atoms with Crippen LogP contribution in [0.5, 0.6) is 0 Å².